The number of rotatable bonds is 4. The van der Waals surface area contributed by atoms with E-state index in [4.69, 9.17) is 11.6 Å². The van der Waals surface area contributed by atoms with E-state index in [0.29, 0.717) is 49.1 Å². The Kier molecular flexibility index (Phi) is 6.19. The Morgan fingerprint density at radius 2 is 1.97 bits per heavy atom. The average Bonchev–Trinajstić information content (AvgIpc) is 3.15. The van der Waals surface area contributed by atoms with Crippen LogP contribution in [0.15, 0.2) is 36.5 Å². The summed E-state index contributed by atoms with van der Waals surface area (Å²) in [7, 11) is 3.44. The number of hydrogen-bond donors (Lipinski definition) is 0. The van der Waals surface area contributed by atoms with Crippen molar-refractivity contribution in [1.82, 2.24) is 14.8 Å². The summed E-state index contributed by atoms with van der Waals surface area (Å²) in [5.41, 5.74) is 2.29. The van der Waals surface area contributed by atoms with E-state index in [9.17, 15) is 14.9 Å². The van der Waals surface area contributed by atoms with Crippen LogP contribution in [0.1, 0.15) is 17.0 Å². The second-order valence-corrected chi connectivity index (χ2v) is 8.66. The Labute approximate surface area is 192 Å². The molecule has 2 aliphatic heterocycles. The van der Waals surface area contributed by atoms with Crippen LogP contribution < -0.4 is 9.80 Å². The van der Waals surface area contributed by atoms with Crippen molar-refractivity contribution in [1.29, 1.82) is 5.26 Å². The molecule has 0 aliphatic carbocycles. The molecule has 9 heteroatoms. The summed E-state index contributed by atoms with van der Waals surface area (Å²) in [5, 5.41) is 9.92. The van der Waals surface area contributed by atoms with E-state index in [1.54, 1.807) is 43.4 Å². The summed E-state index contributed by atoms with van der Waals surface area (Å²) in [4.78, 5) is 37.5. The van der Waals surface area contributed by atoms with Crippen molar-refractivity contribution in [3.8, 4) is 6.07 Å². The van der Waals surface area contributed by atoms with Gasteiger partial charge in [0.05, 0.1) is 18.0 Å². The number of benzene rings is 1. The molecular weight excluding hydrogens is 428 g/mol. The summed E-state index contributed by atoms with van der Waals surface area (Å²) >= 11 is 6.21. The first kappa shape index (κ1) is 21.9. The standard InChI is InChI=1S/C23H25ClN6O2/c1-27(2)21(31)15-30-14-19(18-6-5-17(24)12-20(18)30)23(32)29-10-8-28(9-11-29)22-16(13-25)4-3-7-26-22/h3-7,12,19H,8-11,14-15H2,1-2H3. The predicted octanol–water partition coefficient (Wildman–Crippen LogP) is 1.95. The highest BCUT2D eigenvalue weighted by Gasteiger charge is 2.38. The highest BCUT2D eigenvalue weighted by molar-refractivity contribution is 6.31. The molecule has 0 bridgehead atoms. The van der Waals surface area contributed by atoms with Gasteiger partial charge in [0.25, 0.3) is 0 Å². The van der Waals surface area contributed by atoms with Gasteiger partial charge in [-0.3, -0.25) is 9.59 Å². The fourth-order valence-electron chi connectivity index (χ4n) is 4.26. The molecule has 2 aromatic rings. The number of nitrogens with zero attached hydrogens (tertiary/aromatic N) is 6. The fraction of sp³-hybridized carbons (Fsp3) is 0.391. The van der Waals surface area contributed by atoms with Crippen molar-refractivity contribution in [3.05, 3.63) is 52.7 Å². The van der Waals surface area contributed by atoms with Crippen molar-refractivity contribution in [2.75, 3.05) is 63.2 Å². The zero-order valence-electron chi connectivity index (χ0n) is 18.2. The van der Waals surface area contributed by atoms with Crippen LogP contribution in [0.5, 0.6) is 0 Å². The molecule has 0 spiro atoms. The topological polar surface area (TPSA) is 83.8 Å². The number of halogens is 1. The lowest BCUT2D eigenvalue weighted by atomic mass is 9.99. The summed E-state index contributed by atoms with van der Waals surface area (Å²) in [6.07, 6.45) is 1.68. The number of piperazine rings is 1. The number of anilines is 2. The third kappa shape index (κ3) is 4.21. The minimum Gasteiger partial charge on any atom is -0.361 e. The lowest BCUT2D eigenvalue weighted by Gasteiger charge is -2.36. The monoisotopic (exact) mass is 452 g/mol. The molecule has 1 aromatic heterocycles. The summed E-state index contributed by atoms with van der Waals surface area (Å²) in [6.45, 7) is 2.98. The van der Waals surface area contributed by atoms with Crippen LogP contribution >= 0.6 is 11.6 Å². The zero-order valence-corrected chi connectivity index (χ0v) is 18.9. The van der Waals surface area contributed by atoms with E-state index >= 15 is 0 Å². The number of likely N-dealkylation sites (N-methyl/N-ethyl adjacent to an activating group) is 1. The molecule has 32 heavy (non-hydrogen) atoms. The maximum atomic E-state index is 13.5. The number of aromatic nitrogens is 1. The van der Waals surface area contributed by atoms with E-state index in [0.717, 1.165) is 11.3 Å². The molecule has 1 unspecified atom stereocenters. The molecule has 0 saturated carbocycles. The van der Waals surface area contributed by atoms with Crippen molar-refractivity contribution in [3.63, 3.8) is 0 Å². The SMILES string of the molecule is CN(C)C(=O)CN1CC(C(=O)N2CCN(c3ncccc3C#N)CC2)c2ccc(Cl)cc21. The van der Waals surface area contributed by atoms with Crippen molar-refractivity contribution >= 4 is 34.9 Å². The quantitative estimate of drug-likeness (QED) is 0.705. The number of carbonyl (C=O) groups excluding carboxylic acids is 2. The van der Waals surface area contributed by atoms with Crippen LogP contribution in [-0.4, -0.2) is 80.0 Å². The molecule has 1 saturated heterocycles. The van der Waals surface area contributed by atoms with Crippen LogP contribution in [-0.2, 0) is 9.59 Å². The van der Waals surface area contributed by atoms with E-state index in [1.165, 1.54) is 0 Å². The maximum Gasteiger partial charge on any atom is 0.241 e. The highest BCUT2D eigenvalue weighted by Crippen LogP contribution is 2.39. The van der Waals surface area contributed by atoms with Gasteiger partial charge in [0.1, 0.15) is 11.9 Å². The first-order valence-electron chi connectivity index (χ1n) is 10.5. The number of nitriles is 1. The number of hydrogen-bond acceptors (Lipinski definition) is 6. The molecule has 2 aliphatic rings. The largest absolute Gasteiger partial charge is 0.361 e. The van der Waals surface area contributed by atoms with Crippen LogP contribution in [0.25, 0.3) is 0 Å². The van der Waals surface area contributed by atoms with Gasteiger partial charge in [-0.05, 0) is 29.8 Å². The molecule has 0 N–H and O–H groups in total. The van der Waals surface area contributed by atoms with E-state index < -0.39 is 0 Å². The zero-order chi connectivity index (χ0) is 22.8. The number of carbonyl (C=O) groups is 2. The van der Waals surface area contributed by atoms with E-state index in [-0.39, 0.29) is 24.3 Å². The fourth-order valence-corrected chi connectivity index (χ4v) is 4.43. The molecule has 2 amide bonds. The van der Waals surface area contributed by atoms with Gasteiger partial charge in [-0.15, -0.1) is 0 Å². The highest BCUT2D eigenvalue weighted by atomic mass is 35.5. The Balaban J connectivity index is 1.48. The number of amides is 2. The minimum atomic E-state index is -0.340. The molecular formula is C23H25ClN6O2. The number of pyridine rings is 1. The van der Waals surface area contributed by atoms with Crippen molar-refractivity contribution in [2.45, 2.75) is 5.92 Å². The first-order valence-corrected chi connectivity index (χ1v) is 10.9. The smallest absolute Gasteiger partial charge is 0.241 e. The summed E-state index contributed by atoms with van der Waals surface area (Å²) in [6, 6.07) is 11.2. The second-order valence-electron chi connectivity index (χ2n) is 8.22. The average molecular weight is 453 g/mol. The molecule has 1 atom stereocenters. The van der Waals surface area contributed by atoms with Crippen LogP contribution in [0.2, 0.25) is 5.02 Å². The Bertz CT molecular complexity index is 1070. The predicted molar refractivity (Wildman–Crippen MR) is 123 cm³/mol. The van der Waals surface area contributed by atoms with E-state index in [2.05, 4.69) is 11.1 Å². The Hall–Kier alpha value is -3.31. The van der Waals surface area contributed by atoms with Crippen LogP contribution in [0.4, 0.5) is 11.5 Å². The van der Waals surface area contributed by atoms with Gasteiger partial charge in [0.2, 0.25) is 11.8 Å². The molecule has 166 valence electrons. The molecule has 4 rings (SSSR count). The minimum absolute atomic E-state index is 0.0266. The second kappa shape index (κ2) is 9.05. The van der Waals surface area contributed by atoms with Crippen LogP contribution in [0, 0.1) is 11.3 Å². The molecule has 0 radical (unpaired) electrons. The van der Waals surface area contributed by atoms with Gasteiger partial charge in [-0.1, -0.05) is 17.7 Å². The Morgan fingerprint density at radius 3 is 2.66 bits per heavy atom. The third-order valence-electron chi connectivity index (χ3n) is 6.03. The molecule has 1 fully saturated rings. The van der Waals surface area contributed by atoms with Crippen molar-refractivity contribution in [2.24, 2.45) is 0 Å². The van der Waals surface area contributed by atoms with Gasteiger partial charge in [-0.2, -0.15) is 5.26 Å². The van der Waals surface area contributed by atoms with Crippen LogP contribution in [0.3, 0.4) is 0 Å². The Morgan fingerprint density at radius 1 is 1.22 bits per heavy atom. The summed E-state index contributed by atoms with van der Waals surface area (Å²) in [5.74, 6) is 0.348. The van der Waals surface area contributed by atoms with Gasteiger partial charge >= 0.3 is 0 Å². The van der Waals surface area contributed by atoms with Gasteiger partial charge in [-0.25, -0.2) is 4.98 Å². The molecule has 3 heterocycles. The lowest BCUT2D eigenvalue weighted by molar-refractivity contribution is -0.133. The molecule has 1 aromatic carbocycles. The first-order chi connectivity index (χ1) is 15.4. The maximum absolute atomic E-state index is 13.5. The third-order valence-corrected chi connectivity index (χ3v) is 6.27. The van der Waals surface area contributed by atoms with Gasteiger partial charge < -0.3 is 19.6 Å². The van der Waals surface area contributed by atoms with E-state index in [1.807, 2.05) is 26.8 Å². The summed E-state index contributed by atoms with van der Waals surface area (Å²) < 4.78 is 0. The molecule has 8 nitrogen and oxygen atoms in total. The lowest BCUT2D eigenvalue weighted by Crippen LogP contribution is -2.51. The number of fused-ring (bicyclic) bond motifs is 1. The normalized spacial score (nSPS) is 17.7. The van der Waals surface area contributed by atoms with Crippen molar-refractivity contribution < 1.29 is 9.59 Å². The van der Waals surface area contributed by atoms with Gasteiger partial charge in [0, 0.05) is 63.7 Å². The van der Waals surface area contributed by atoms with Gasteiger partial charge in [0.15, 0.2) is 0 Å².